The average Bonchev–Trinajstić information content (AvgIpc) is 2.42. The molecule has 0 atom stereocenters. The minimum absolute atomic E-state index is 0.0179. The van der Waals surface area contributed by atoms with E-state index in [1.165, 1.54) is 23.9 Å². The minimum atomic E-state index is -1.01. The van der Waals surface area contributed by atoms with Gasteiger partial charge in [-0.15, -0.1) is 0 Å². The number of carbonyl (C=O) groups is 1. The number of nitrogens with zero attached hydrogens (tertiary/aromatic N) is 1. The quantitative estimate of drug-likeness (QED) is 0.456. The van der Waals surface area contributed by atoms with Gasteiger partial charge in [0, 0.05) is 14.5 Å². The van der Waals surface area contributed by atoms with Crippen molar-refractivity contribution in [3.63, 3.8) is 0 Å². The van der Waals surface area contributed by atoms with E-state index in [9.17, 15) is 14.9 Å². The first-order valence-corrected chi connectivity index (χ1v) is 7.74. The number of hydrogen-bond donors (Lipinski definition) is 1. The first-order valence-electron chi connectivity index (χ1n) is 5.84. The van der Waals surface area contributed by atoms with E-state index in [0.29, 0.717) is 15.4 Å². The van der Waals surface area contributed by atoms with Crippen LogP contribution in [0.4, 0.5) is 5.69 Å². The second kappa shape index (κ2) is 6.44. The maximum absolute atomic E-state index is 11.1. The highest BCUT2D eigenvalue weighted by Crippen LogP contribution is 2.36. The lowest BCUT2D eigenvalue weighted by Crippen LogP contribution is -1.99. The third kappa shape index (κ3) is 3.73. The van der Waals surface area contributed by atoms with Crippen molar-refractivity contribution in [2.45, 2.75) is 16.7 Å². The predicted octanol–water partition coefficient (Wildman–Crippen LogP) is 4.36. The summed E-state index contributed by atoms with van der Waals surface area (Å²) in [5.74, 6) is -1.01. The van der Waals surface area contributed by atoms with Gasteiger partial charge in [0.1, 0.15) is 0 Å². The Morgan fingerprint density at radius 2 is 2.00 bits per heavy atom. The van der Waals surface area contributed by atoms with Crippen LogP contribution in [-0.2, 0) is 0 Å². The van der Waals surface area contributed by atoms with Gasteiger partial charge in [0.15, 0.2) is 0 Å². The molecule has 21 heavy (non-hydrogen) atoms. The van der Waals surface area contributed by atoms with Gasteiger partial charge < -0.3 is 5.11 Å². The van der Waals surface area contributed by atoms with E-state index < -0.39 is 10.9 Å². The normalized spacial score (nSPS) is 10.4. The van der Waals surface area contributed by atoms with Crippen molar-refractivity contribution in [1.29, 1.82) is 0 Å². The Balaban J connectivity index is 2.41. The summed E-state index contributed by atoms with van der Waals surface area (Å²) >= 11 is 3.20. The maximum atomic E-state index is 11.1. The largest absolute Gasteiger partial charge is 0.478 e. The van der Waals surface area contributed by atoms with Gasteiger partial charge in [-0.05, 0) is 59.3 Å². The van der Waals surface area contributed by atoms with Gasteiger partial charge in [-0.3, -0.25) is 10.1 Å². The van der Waals surface area contributed by atoms with Gasteiger partial charge in [-0.2, -0.15) is 0 Å². The fraction of sp³-hybridized carbons (Fsp3) is 0.0714. The summed E-state index contributed by atoms with van der Waals surface area (Å²) in [7, 11) is 0. The molecular weight excluding hydrogens is 405 g/mol. The van der Waals surface area contributed by atoms with Crippen molar-refractivity contribution in [2.75, 3.05) is 0 Å². The van der Waals surface area contributed by atoms with E-state index in [-0.39, 0.29) is 11.3 Å². The molecule has 2 aromatic carbocycles. The number of carboxylic acids is 1. The zero-order chi connectivity index (χ0) is 15.6. The standard InChI is InChI=1S/C14H10INO4S/c1-8-2-4-10(7-11(8)14(17)18)21-13-5-3-9(15)6-12(13)16(19)20/h2-7H,1H3,(H,17,18). The Kier molecular flexibility index (Phi) is 4.84. The van der Waals surface area contributed by atoms with Gasteiger partial charge in [-0.25, -0.2) is 4.79 Å². The van der Waals surface area contributed by atoms with Crippen molar-refractivity contribution >= 4 is 46.0 Å². The Morgan fingerprint density at radius 3 is 2.62 bits per heavy atom. The topological polar surface area (TPSA) is 80.4 Å². The molecule has 0 aromatic heterocycles. The van der Waals surface area contributed by atoms with Crippen LogP contribution >= 0.6 is 34.4 Å². The second-order valence-corrected chi connectivity index (χ2v) is 6.61. The van der Waals surface area contributed by atoms with Crippen molar-refractivity contribution in [3.05, 3.63) is 61.2 Å². The van der Waals surface area contributed by atoms with Crippen LogP contribution in [0.3, 0.4) is 0 Å². The number of hydrogen-bond acceptors (Lipinski definition) is 4. The number of aromatic carboxylic acids is 1. The number of rotatable bonds is 4. The summed E-state index contributed by atoms with van der Waals surface area (Å²) < 4.78 is 0.777. The Bertz CT molecular complexity index is 733. The molecular formula is C14H10INO4S. The van der Waals surface area contributed by atoms with E-state index in [1.54, 1.807) is 31.2 Å². The number of halogens is 1. The van der Waals surface area contributed by atoms with E-state index in [4.69, 9.17) is 5.11 Å². The summed E-state index contributed by atoms with van der Waals surface area (Å²) in [5.41, 5.74) is 0.876. The number of aryl methyl sites for hydroxylation is 1. The second-order valence-electron chi connectivity index (χ2n) is 4.25. The zero-order valence-corrected chi connectivity index (χ0v) is 13.8. The molecule has 0 unspecified atom stereocenters. The van der Waals surface area contributed by atoms with Crippen molar-refractivity contribution < 1.29 is 14.8 Å². The molecule has 0 amide bonds. The van der Waals surface area contributed by atoms with E-state index in [2.05, 4.69) is 0 Å². The summed E-state index contributed by atoms with van der Waals surface area (Å²) in [6, 6.07) is 9.94. The van der Waals surface area contributed by atoms with Crippen LogP contribution in [-0.4, -0.2) is 16.0 Å². The molecule has 1 N–H and O–H groups in total. The molecule has 0 heterocycles. The summed E-state index contributed by atoms with van der Waals surface area (Å²) in [6.07, 6.45) is 0. The van der Waals surface area contributed by atoms with Gasteiger partial charge in [0.05, 0.1) is 15.4 Å². The van der Waals surface area contributed by atoms with Gasteiger partial charge in [0.25, 0.3) is 5.69 Å². The third-order valence-electron chi connectivity index (χ3n) is 2.78. The Labute approximate surface area is 138 Å². The molecule has 2 aromatic rings. The van der Waals surface area contributed by atoms with Crippen LogP contribution < -0.4 is 0 Å². The van der Waals surface area contributed by atoms with E-state index >= 15 is 0 Å². The monoisotopic (exact) mass is 415 g/mol. The van der Waals surface area contributed by atoms with Crippen LogP contribution in [0.1, 0.15) is 15.9 Å². The highest BCUT2D eigenvalue weighted by molar-refractivity contribution is 14.1. The SMILES string of the molecule is Cc1ccc(Sc2ccc(I)cc2[N+](=O)[O-])cc1C(=O)O. The van der Waals surface area contributed by atoms with Gasteiger partial charge in [-0.1, -0.05) is 17.8 Å². The molecule has 0 bridgehead atoms. The highest BCUT2D eigenvalue weighted by atomic mass is 127. The van der Waals surface area contributed by atoms with Crippen LogP contribution in [0.2, 0.25) is 0 Å². The minimum Gasteiger partial charge on any atom is -0.478 e. The summed E-state index contributed by atoms with van der Waals surface area (Å²) in [5, 5.41) is 20.2. The molecule has 5 nitrogen and oxygen atoms in total. The number of carboxylic acid groups (broad SMARTS) is 1. The molecule has 7 heteroatoms. The summed E-state index contributed by atoms with van der Waals surface area (Å²) in [4.78, 5) is 22.9. The van der Waals surface area contributed by atoms with Crippen LogP contribution in [0.5, 0.6) is 0 Å². The van der Waals surface area contributed by atoms with Crippen molar-refractivity contribution in [1.82, 2.24) is 0 Å². The lowest BCUT2D eigenvalue weighted by molar-refractivity contribution is -0.387. The van der Waals surface area contributed by atoms with Crippen LogP contribution in [0, 0.1) is 20.6 Å². The molecule has 0 aliphatic rings. The van der Waals surface area contributed by atoms with Crippen molar-refractivity contribution in [3.8, 4) is 0 Å². The Hall–Kier alpha value is -1.61. The predicted molar refractivity (Wildman–Crippen MR) is 88.1 cm³/mol. The van der Waals surface area contributed by atoms with Crippen molar-refractivity contribution in [2.24, 2.45) is 0 Å². The lowest BCUT2D eigenvalue weighted by atomic mass is 10.1. The average molecular weight is 415 g/mol. The molecule has 0 saturated heterocycles. The maximum Gasteiger partial charge on any atom is 0.335 e. The van der Waals surface area contributed by atoms with Crippen LogP contribution in [0.15, 0.2) is 46.2 Å². The molecule has 0 fully saturated rings. The number of nitro benzene ring substituents is 1. The van der Waals surface area contributed by atoms with Gasteiger partial charge >= 0.3 is 5.97 Å². The lowest BCUT2D eigenvalue weighted by Gasteiger charge is -2.06. The smallest absolute Gasteiger partial charge is 0.335 e. The molecule has 0 saturated carbocycles. The fourth-order valence-electron chi connectivity index (χ4n) is 1.74. The zero-order valence-electron chi connectivity index (χ0n) is 10.9. The molecule has 0 spiro atoms. The molecule has 0 aliphatic heterocycles. The first-order chi connectivity index (χ1) is 9.88. The van der Waals surface area contributed by atoms with Crippen LogP contribution in [0.25, 0.3) is 0 Å². The fourth-order valence-corrected chi connectivity index (χ4v) is 3.16. The summed E-state index contributed by atoms with van der Waals surface area (Å²) in [6.45, 7) is 1.71. The van der Waals surface area contributed by atoms with Gasteiger partial charge in [0.2, 0.25) is 0 Å². The molecule has 0 radical (unpaired) electrons. The molecule has 2 rings (SSSR count). The first kappa shape index (κ1) is 15.8. The third-order valence-corrected chi connectivity index (χ3v) is 4.51. The number of benzene rings is 2. The number of nitro groups is 1. The van der Waals surface area contributed by atoms with E-state index in [0.717, 1.165) is 3.57 Å². The highest BCUT2D eigenvalue weighted by Gasteiger charge is 2.16. The Morgan fingerprint density at radius 1 is 1.29 bits per heavy atom. The molecule has 108 valence electrons. The van der Waals surface area contributed by atoms with E-state index in [1.807, 2.05) is 22.6 Å². The molecule has 0 aliphatic carbocycles.